The first kappa shape index (κ1) is 16.3. The topological polar surface area (TPSA) is 4.93 Å². The zero-order chi connectivity index (χ0) is 18.4. The molecule has 0 saturated heterocycles. The Bertz CT molecular complexity index is 1260. The summed E-state index contributed by atoms with van der Waals surface area (Å²) in [6.07, 6.45) is 0. The third kappa shape index (κ3) is 2.60. The van der Waals surface area contributed by atoms with Crippen molar-refractivity contribution in [3.63, 3.8) is 0 Å². The molecule has 1 nitrogen and oxygen atoms in total. The maximum Gasteiger partial charge on any atom is 0.0568 e. The van der Waals surface area contributed by atoms with E-state index < -0.39 is 0 Å². The van der Waals surface area contributed by atoms with Crippen molar-refractivity contribution in [3.05, 3.63) is 95.5 Å². The second-order valence-electron chi connectivity index (χ2n) is 6.84. The lowest BCUT2D eigenvalue weighted by molar-refractivity contribution is 0.979. The van der Waals surface area contributed by atoms with Gasteiger partial charge in [-0.15, -0.1) is 0 Å². The van der Waals surface area contributed by atoms with E-state index in [1.54, 1.807) is 0 Å². The maximum absolute atomic E-state index is 3.57. The summed E-state index contributed by atoms with van der Waals surface area (Å²) in [5, 5.41) is 3.89. The van der Waals surface area contributed by atoms with Crippen molar-refractivity contribution in [2.24, 2.45) is 7.05 Å². The van der Waals surface area contributed by atoms with Gasteiger partial charge in [0, 0.05) is 28.0 Å². The van der Waals surface area contributed by atoms with Crippen LogP contribution in [0.25, 0.3) is 44.1 Å². The third-order valence-electron chi connectivity index (χ3n) is 5.27. The van der Waals surface area contributed by atoms with Gasteiger partial charge in [0.1, 0.15) is 0 Å². The number of hydrogen-bond donors (Lipinski definition) is 0. The Morgan fingerprint density at radius 2 is 1.37 bits per heavy atom. The Morgan fingerprint density at radius 3 is 2.15 bits per heavy atom. The zero-order valence-corrected chi connectivity index (χ0v) is 16.6. The molecular formula is C25H18BrN. The number of benzene rings is 4. The van der Waals surface area contributed by atoms with Crippen molar-refractivity contribution in [3.8, 4) is 22.4 Å². The van der Waals surface area contributed by atoms with Gasteiger partial charge in [0.2, 0.25) is 0 Å². The number of aromatic nitrogens is 1. The highest BCUT2D eigenvalue weighted by molar-refractivity contribution is 9.10. The molecule has 0 N–H and O–H groups in total. The van der Waals surface area contributed by atoms with Gasteiger partial charge in [-0.3, -0.25) is 0 Å². The lowest BCUT2D eigenvalue weighted by Crippen LogP contribution is -1.92. The number of halogens is 1. The molecule has 2 heteroatoms. The van der Waals surface area contributed by atoms with Crippen LogP contribution < -0.4 is 0 Å². The summed E-state index contributed by atoms with van der Waals surface area (Å²) in [7, 11) is 2.17. The van der Waals surface area contributed by atoms with Gasteiger partial charge < -0.3 is 4.57 Å². The van der Waals surface area contributed by atoms with Crippen LogP contribution in [0.15, 0.2) is 95.5 Å². The predicted molar refractivity (Wildman–Crippen MR) is 119 cm³/mol. The van der Waals surface area contributed by atoms with Crippen LogP contribution in [0.3, 0.4) is 0 Å². The Kier molecular flexibility index (Phi) is 3.87. The zero-order valence-electron chi connectivity index (χ0n) is 15.0. The molecular weight excluding hydrogens is 394 g/mol. The van der Waals surface area contributed by atoms with Crippen LogP contribution in [0.2, 0.25) is 0 Å². The molecule has 5 aromatic rings. The van der Waals surface area contributed by atoms with Crippen LogP contribution in [0.5, 0.6) is 0 Å². The van der Waals surface area contributed by atoms with Gasteiger partial charge in [0.25, 0.3) is 0 Å². The molecule has 0 bridgehead atoms. The molecule has 4 aromatic carbocycles. The van der Waals surface area contributed by atoms with E-state index in [4.69, 9.17) is 0 Å². The van der Waals surface area contributed by atoms with Crippen molar-refractivity contribution >= 4 is 37.6 Å². The summed E-state index contributed by atoms with van der Waals surface area (Å²) >= 11 is 3.57. The highest BCUT2D eigenvalue weighted by atomic mass is 79.9. The fraction of sp³-hybridized carbons (Fsp3) is 0.0400. The van der Waals surface area contributed by atoms with E-state index in [-0.39, 0.29) is 0 Å². The van der Waals surface area contributed by atoms with Crippen molar-refractivity contribution < 1.29 is 0 Å². The van der Waals surface area contributed by atoms with E-state index in [2.05, 4.69) is 119 Å². The molecule has 0 aliphatic carbocycles. The quantitative estimate of drug-likeness (QED) is 0.284. The van der Waals surface area contributed by atoms with Gasteiger partial charge in [0.05, 0.1) is 5.69 Å². The summed E-state index contributed by atoms with van der Waals surface area (Å²) < 4.78 is 3.42. The fourth-order valence-electron chi connectivity index (χ4n) is 4.04. The summed E-state index contributed by atoms with van der Waals surface area (Å²) in [6.45, 7) is 0. The molecule has 5 rings (SSSR count). The Morgan fingerprint density at radius 1 is 0.667 bits per heavy atom. The van der Waals surface area contributed by atoms with Crippen molar-refractivity contribution in [1.29, 1.82) is 0 Å². The minimum atomic E-state index is 1.10. The smallest absolute Gasteiger partial charge is 0.0568 e. The van der Waals surface area contributed by atoms with Crippen LogP contribution in [0.4, 0.5) is 0 Å². The molecule has 1 heterocycles. The van der Waals surface area contributed by atoms with Gasteiger partial charge in [-0.2, -0.15) is 0 Å². The largest absolute Gasteiger partial charge is 0.343 e. The van der Waals surface area contributed by atoms with Gasteiger partial charge in [-0.1, -0.05) is 88.7 Å². The molecule has 0 saturated carbocycles. The molecule has 0 unspecified atom stereocenters. The van der Waals surface area contributed by atoms with E-state index in [1.165, 1.54) is 44.1 Å². The predicted octanol–water partition coefficient (Wildman–Crippen LogP) is 7.43. The van der Waals surface area contributed by atoms with Crippen LogP contribution in [-0.4, -0.2) is 4.57 Å². The van der Waals surface area contributed by atoms with E-state index >= 15 is 0 Å². The van der Waals surface area contributed by atoms with E-state index in [9.17, 15) is 0 Å². The SMILES string of the molecule is Cn1c(-c2ccccc2)c(-c2ccc(Br)cc2)c2c3ccccc3ccc21. The molecule has 0 radical (unpaired) electrons. The van der Waals surface area contributed by atoms with Crippen molar-refractivity contribution in [1.82, 2.24) is 4.57 Å². The summed E-state index contributed by atoms with van der Waals surface area (Å²) in [5.41, 5.74) is 6.27. The highest BCUT2D eigenvalue weighted by Gasteiger charge is 2.19. The lowest BCUT2D eigenvalue weighted by Gasteiger charge is -2.09. The van der Waals surface area contributed by atoms with Gasteiger partial charge in [-0.05, 0) is 40.1 Å². The molecule has 0 amide bonds. The van der Waals surface area contributed by atoms with Crippen LogP contribution in [-0.2, 0) is 7.05 Å². The standard InChI is InChI=1S/C25H18BrN/c1-27-22-16-13-17-7-5-6-10-21(17)24(22)23(18-11-14-20(26)15-12-18)25(27)19-8-3-2-4-9-19/h2-16H,1H3. The molecule has 27 heavy (non-hydrogen) atoms. The fourth-order valence-corrected chi connectivity index (χ4v) is 4.30. The molecule has 1 aromatic heterocycles. The average Bonchev–Trinajstić information content (AvgIpc) is 3.02. The van der Waals surface area contributed by atoms with Crippen molar-refractivity contribution in [2.75, 3.05) is 0 Å². The molecule has 0 spiro atoms. The Hall–Kier alpha value is -2.84. The number of nitrogens with zero attached hydrogens (tertiary/aromatic N) is 1. The molecule has 0 fully saturated rings. The van der Waals surface area contributed by atoms with Crippen LogP contribution in [0.1, 0.15) is 0 Å². The third-order valence-corrected chi connectivity index (χ3v) is 5.80. The lowest BCUT2D eigenvalue weighted by atomic mass is 9.95. The van der Waals surface area contributed by atoms with E-state index in [1.807, 2.05) is 0 Å². The van der Waals surface area contributed by atoms with Crippen LogP contribution in [0, 0.1) is 0 Å². The normalized spacial score (nSPS) is 11.3. The number of fused-ring (bicyclic) bond motifs is 3. The van der Waals surface area contributed by atoms with Gasteiger partial charge in [0.15, 0.2) is 0 Å². The average molecular weight is 412 g/mol. The minimum Gasteiger partial charge on any atom is -0.343 e. The monoisotopic (exact) mass is 411 g/mol. The van der Waals surface area contributed by atoms with Gasteiger partial charge >= 0.3 is 0 Å². The van der Waals surface area contributed by atoms with E-state index in [0.717, 1.165) is 4.47 Å². The molecule has 130 valence electrons. The molecule has 0 aliphatic rings. The minimum absolute atomic E-state index is 1.10. The Labute approximate surface area is 167 Å². The molecule has 0 aliphatic heterocycles. The summed E-state index contributed by atoms with van der Waals surface area (Å²) in [4.78, 5) is 0. The first-order valence-electron chi connectivity index (χ1n) is 9.05. The highest BCUT2D eigenvalue weighted by Crippen LogP contribution is 2.43. The van der Waals surface area contributed by atoms with E-state index in [0.29, 0.717) is 0 Å². The number of rotatable bonds is 2. The van der Waals surface area contributed by atoms with Crippen LogP contribution >= 0.6 is 15.9 Å². The van der Waals surface area contributed by atoms with Gasteiger partial charge in [-0.25, -0.2) is 0 Å². The summed E-state index contributed by atoms with van der Waals surface area (Å²) in [5.74, 6) is 0. The number of hydrogen-bond acceptors (Lipinski definition) is 0. The molecule has 0 atom stereocenters. The first-order chi connectivity index (χ1) is 13.2. The maximum atomic E-state index is 3.57. The second kappa shape index (κ2) is 6.40. The number of aryl methyl sites for hydroxylation is 1. The summed E-state index contributed by atoms with van der Waals surface area (Å²) in [6, 6.07) is 32.4. The Balaban J connectivity index is 1.99. The van der Waals surface area contributed by atoms with Crippen molar-refractivity contribution in [2.45, 2.75) is 0 Å². The second-order valence-corrected chi connectivity index (χ2v) is 7.75. The first-order valence-corrected chi connectivity index (χ1v) is 9.85.